The van der Waals surface area contributed by atoms with Crippen LogP contribution >= 0.6 is 0 Å². The fraction of sp³-hybridized carbons (Fsp3) is 0.0110. The normalized spacial score (nSPS) is 12.1. The molecule has 0 fully saturated rings. The number of para-hydroxylation sites is 10. The van der Waals surface area contributed by atoms with Crippen molar-refractivity contribution in [1.29, 1.82) is 0 Å². The standard InChI is InChI=1S/C73H52N6.C18H12N.Ga/c1-74(53-25-8-2-9-26-53)63-48-64(77(58-35-18-7-19-36-58)59-37-24-38-60(47-59)78-70-41-22-20-39-66(70)67-40-21-23-42-71(67)78)50-65(49-63)79-72-45-43-61(75(54-27-10-3-11-28-54)55-29-12-4-13-30-55)51-68(72)69-52-62(44-46-73(69)79)76(56-31-14-5-15-32-56)57-33-16-6-17-34-57;1-2-8-14(9-3-1)19-17-12-6-4-10-15(17)16-11-5-7-13-18(16)19;/h2-36,38-47,49-52H,1H3;2-13H;. The van der Waals surface area contributed by atoms with Crippen LogP contribution in [0.15, 0.2) is 370 Å². The van der Waals surface area contributed by atoms with Gasteiger partial charge in [-0.3, -0.25) is 0 Å². The average molecular weight is 1330 g/mol. The van der Waals surface area contributed by atoms with E-state index in [1.54, 1.807) is 0 Å². The van der Waals surface area contributed by atoms with Crippen LogP contribution in [0.5, 0.6) is 0 Å². The number of hydrogen-bond donors (Lipinski definition) is 0. The molecule has 0 radical (unpaired) electrons. The van der Waals surface area contributed by atoms with Crippen molar-refractivity contribution in [2.75, 3.05) is 26.6 Å². The SMILES string of the molecule is CN(c1ccccc1)c1cc(-n2c3ccc(N(c4ccccc4)c4ccccc4)cc3c3cc(N(c4ccccc4)c4ccccc4)ccc32)cc2[c]1[Ga]([c]1ccc(-n3c4ccccc4c4ccccc43)cc1)[c]1ccc(-n3c4ccccc4c4ccccc43)cc1N2c1ccccc1. The van der Waals surface area contributed by atoms with E-state index in [9.17, 15) is 0 Å². The zero-order valence-electron chi connectivity index (χ0n) is 54.4. The van der Waals surface area contributed by atoms with Crippen molar-refractivity contribution in [2.45, 2.75) is 0 Å². The molecule has 1 aliphatic heterocycles. The Hall–Kier alpha value is -12.5. The van der Waals surface area contributed by atoms with E-state index in [0.717, 1.165) is 84.4 Å². The number of fused-ring (bicyclic) bond motifs is 11. The number of rotatable bonds is 13. The van der Waals surface area contributed by atoms with Crippen LogP contribution in [-0.2, 0) is 0 Å². The zero-order valence-corrected chi connectivity index (χ0v) is 56.8. The van der Waals surface area contributed by atoms with Gasteiger partial charge in [0.25, 0.3) is 0 Å². The molecule has 18 aromatic rings. The van der Waals surface area contributed by atoms with E-state index in [-0.39, 0.29) is 0 Å². The van der Waals surface area contributed by atoms with Gasteiger partial charge >= 0.3 is 511 Å². The third-order valence-electron chi connectivity index (χ3n) is 20.2. The van der Waals surface area contributed by atoms with Crippen LogP contribution in [0, 0.1) is 0 Å². The quantitative estimate of drug-likeness (QED) is 0.108. The Balaban J connectivity index is 0.902. The van der Waals surface area contributed by atoms with Crippen LogP contribution < -0.4 is 32.0 Å². The first-order chi connectivity index (χ1) is 49.1. The van der Waals surface area contributed by atoms with Crippen LogP contribution in [0.25, 0.3) is 82.5 Å². The fourth-order valence-electron chi connectivity index (χ4n) is 15.9. The first-order valence-electron chi connectivity index (χ1n) is 34.0. The molecule has 0 amide bonds. The second-order valence-electron chi connectivity index (χ2n) is 25.7. The summed E-state index contributed by atoms with van der Waals surface area (Å²) >= 11 is -3.34. The molecular formula is C91H64GaN7. The van der Waals surface area contributed by atoms with Crippen molar-refractivity contribution in [3.63, 3.8) is 0 Å². The molecule has 466 valence electrons. The van der Waals surface area contributed by atoms with E-state index in [4.69, 9.17) is 0 Å². The second-order valence-corrected chi connectivity index (χ2v) is 31.5. The van der Waals surface area contributed by atoms with E-state index >= 15 is 0 Å². The van der Waals surface area contributed by atoms with E-state index in [0.29, 0.717) is 0 Å². The van der Waals surface area contributed by atoms with Crippen LogP contribution in [0.2, 0.25) is 0 Å². The Bertz CT molecular complexity index is 5750. The summed E-state index contributed by atoms with van der Waals surface area (Å²) in [7, 11) is 2.28. The monoisotopic (exact) mass is 1320 g/mol. The Morgan fingerprint density at radius 1 is 0.242 bits per heavy atom. The van der Waals surface area contributed by atoms with Gasteiger partial charge in [0.1, 0.15) is 0 Å². The Kier molecular flexibility index (Phi) is 14.1. The molecule has 4 heterocycles. The molecule has 0 unspecified atom stereocenters. The molecule has 0 spiro atoms. The predicted molar refractivity (Wildman–Crippen MR) is 419 cm³/mol. The summed E-state index contributed by atoms with van der Waals surface area (Å²) in [5.74, 6) is 0. The van der Waals surface area contributed by atoms with Crippen LogP contribution in [-0.4, -0.2) is 37.0 Å². The van der Waals surface area contributed by atoms with Gasteiger partial charge in [0.05, 0.1) is 0 Å². The Labute approximate surface area is 580 Å². The van der Waals surface area contributed by atoms with Gasteiger partial charge in [0, 0.05) is 0 Å². The maximum atomic E-state index is 2.60. The van der Waals surface area contributed by atoms with Gasteiger partial charge in [-0.15, -0.1) is 0 Å². The summed E-state index contributed by atoms with van der Waals surface area (Å²) in [5, 5.41) is 7.25. The molecule has 19 rings (SSSR count). The summed E-state index contributed by atoms with van der Waals surface area (Å²) < 4.78 is 11.6. The van der Waals surface area contributed by atoms with Crippen LogP contribution in [0.4, 0.5) is 62.6 Å². The maximum absolute atomic E-state index is 3.34. The van der Waals surface area contributed by atoms with Crippen LogP contribution in [0.3, 0.4) is 0 Å². The van der Waals surface area contributed by atoms with Crippen molar-refractivity contribution < 1.29 is 0 Å². The number of hydrogen-bond acceptors (Lipinski definition) is 4. The Morgan fingerprint density at radius 2 is 0.596 bits per heavy atom. The van der Waals surface area contributed by atoms with Gasteiger partial charge < -0.3 is 0 Å². The molecule has 1 aliphatic rings. The average Bonchev–Trinajstić information content (AvgIpc) is 1.42. The number of anilines is 11. The number of nitrogens with zero attached hydrogens (tertiary/aromatic N) is 7. The van der Waals surface area contributed by atoms with Gasteiger partial charge in [-0.05, 0) is 0 Å². The van der Waals surface area contributed by atoms with Crippen molar-refractivity contribution in [3.8, 4) is 17.1 Å². The number of benzene rings is 15. The zero-order chi connectivity index (χ0) is 65.5. The van der Waals surface area contributed by atoms with Crippen molar-refractivity contribution in [2.24, 2.45) is 0 Å². The molecule has 8 heteroatoms. The summed E-state index contributed by atoms with van der Waals surface area (Å²) in [6.45, 7) is 0. The fourth-order valence-corrected chi connectivity index (χ4v) is 23.1. The van der Waals surface area contributed by atoms with Gasteiger partial charge in [-0.25, -0.2) is 0 Å². The van der Waals surface area contributed by atoms with E-state index in [2.05, 4.69) is 410 Å². The molecule has 3 aromatic heterocycles. The predicted octanol–water partition coefficient (Wildman–Crippen LogP) is 22.0. The molecule has 0 N–H and O–H groups in total. The summed E-state index contributed by atoms with van der Waals surface area (Å²) in [6.07, 6.45) is 0. The third kappa shape index (κ3) is 9.66. The third-order valence-corrected chi connectivity index (χ3v) is 27.2. The van der Waals surface area contributed by atoms with Crippen molar-refractivity contribution in [3.05, 3.63) is 370 Å². The van der Waals surface area contributed by atoms with Crippen LogP contribution in [0.1, 0.15) is 0 Å². The molecule has 0 saturated heterocycles. The molecule has 7 nitrogen and oxygen atoms in total. The van der Waals surface area contributed by atoms with Gasteiger partial charge in [-0.2, -0.15) is 0 Å². The topological polar surface area (TPSA) is 27.8 Å². The van der Waals surface area contributed by atoms with E-state index in [1.165, 1.54) is 73.0 Å². The van der Waals surface area contributed by atoms with Gasteiger partial charge in [0.15, 0.2) is 0 Å². The number of aromatic nitrogens is 3. The van der Waals surface area contributed by atoms with E-state index < -0.39 is 16.2 Å². The molecule has 0 atom stereocenters. The summed E-state index contributed by atoms with van der Waals surface area (Å²) in [6, 6.07) is 137. The van der Waals surface area contributed by atoms with Gasteiger partial charge in [-0.1, -0.05) is 72.8 Å². The molecule has 15 aromatic carbocycles. The molecule has 0 saturated carbocycles. The summed E-state index contributed by atoms with van der Waals surface area (Å²) in [5.41, 5.74) is 22.5. The second kappa shape index (κ2) is 24.0. The minimum absolute atomic E-state index is 1.06. The molecular weight excluding hydrogens is 1260 g/mol. The van der Waals surface area contributed by atoms with Crippen molar-refractivity contribution >= 4 is 157 Å². The van der Waals surface area contributed by atoms with Crippen molar-refractivity contribution in [1.82, 2.24) is 13.7 Å². The van der Waals surface area contributed by atoms with Gasteiger partial charge in [0.2, 0.25) is 0 Å². The first kappa shape index (κ1) is 57.9. The molecule has 0 aliphatic carbocycles. The molecule has 99 heavy (non-hydrogen) atoms. The first-order valence-corrected chi connectivity index (χ1v) is 37.6. The summed E-state index contributed by atoms with van der Waals surface area (Å²) in [4.78, 5) is 9.82. The van der Waals surface area contributed by atoms with E-state index in [1.807, 2.05) is 0 Å². The molecule has 0 bridgehead atoms. The minimum atomic E-state index is -3.34. The Morgan fingerprint density at radius 3 is 1.04 bits per heavy atom.